The Morgan fingerprint density at radius 3 is 0.930 bits per heavy atom. The summed E-state index contributed by atoms with van der Waals surface area (Å²) < 4.78 is 0. The lowest BCUT2D eigenvalue weighted by Gasteiger charge is -2.48. The largest absolute Gasteiger partial charge is 0.161 e. The predicted molar refractivity (Wildman–Crippen MR) is 208 cm³/mol. The van der Waals surface area contributed by atoms with E-state index in [9.17, 15) is 0 Å². The van der Waals surface area contributed by atoms with Crippen LogP contribution in [0.5, 0.6) is 0 Å². The number of aryl methyl sites for hydroxylation is 3. The molecule has 1 aliphatic carbocycles. The second-order valence-electron chi connectivity index (χ2n) is 17.0. The van der Waals surface area contributed by atoms with Crippen molar-refractivity contribution in [2.75, 3.05) is 0 Å². The molecule has 0 saturated heterocycles. The highest BCUT2D eigenvalue weighted by atomic mass is 28.3. The minimum absolute atomic E-state index is 0.0966. The van der Waals surface area contributed by atoms with Crippen LogP contribution in [0, 0.1) is 20.8 Å². The molecule has 0 amide bonds. The topological polar surface area (TPSA) is 0 Å². The van der Waals surface area contributed by atoms with Crippen molar-refractivity contribution >= 4 is 63.4 Å². The minimum Gasteiger partial charge on any atom is -0.0730 e. The Morgan fingerprint density at radius 1 is 0.419 bits per heavy atom. The number of rotatable bonds is 7. The van der Waals surface area contributed by atoms with E-state index in [1.54, 1.807) is 36.7 Å². The first kappa shape index (κ1) is 33.9. The SMILES string of the molecule is CC1=CC(C)([Si](c2cc(C)cc([Si](C)(C)C)c2)(c2cc(C)cc([Si](C)(C)C)c2)c2cc(C)cc([Si](C)(C)C)c2)C(C)=C1C. The van der Waals surface area contributed by atoms with Crippen LogP contribution in [0.1, 0.15) is 44.4 Å². The van der Waals surface area contributed by atoms with E-state index in [2.05, 4.69) is 168 Å². The van der Waals surface area contributed by atoms with E-state index in [0.717, 1.165) is 0 Å². The molecule has 0 fully saturated rings. The first-order valence-electron chi connectivity index (χ1n) is 16.3. The van der Waals surface area contributed by atoms with E-state index < -0.39 is 32.3 Å². The first-order valence-corrected chi connectivity index (χ1v) is 28.8. The van der Waals surface area contributed by atoms with Crippen molar-refractivity contribution in [2.24, 2.45) is 0 Å². The number of benzene rings is 3. The Labute approximate surface area is 268 Å². The Kier molecular flexibility index (Phi) is 8.76. The van der Waals surface area contributed by atoms with Gasteiger partial charge in [0.1, 0.15) is 0 Å². The van der Waals surface area contributed by atoms with E-state index in [-0.39, 0.29) is 5.04 Å². The molecule has 0 aliphatic heterocycles. The minimum atomic E-state index is -2.75. The van der Waals surface area contributed by atoms with Gasteiger partial charge in [0, 0.05) is 5.04 Å². The van der Waals surface area contributed by atoms with Gasteiger partial charge >= 0.3 is 0 Å². The van der Waals surface area contributed by atoms with Crippen molar-refractivity contribution in [3.8, 4) is 0 Å². The molecule has 4 heteroatoms. The van der Waals surface area contributed by atoms with Crippen LogP contribution in [0.3, 0.4) is 0 Å². The van der Waals surface area contributed by atoms with Crippen molar-refractivity contribution in [2.45, 2.75) is 112 Å². The van der Waals surface area contributed by atoms with Crippen LogP contribution >= 0.6 is 0 Å². The van der Waals surface area contributed by atoms with Gasteiger partial charge in [-0.2, -0.15) is 0 Å². The summed E-state index contributed by atoms with van der Waals surface area (Å²) in [4.78, 5) is 0. The molecule has 0 aromatic heterocycles. The second-order valence-corrected chi connectivity index (χ2v) is 36.5. The van der Waals surface area contributed by atoms with Gasteiger partial charge in [-0.05, 0) is 62.7 Å². The van der Waals surface area contributed by atoms with Crippen LogP contribution in [0.4, 0.5) is 0 Å². The van der Waals surface area contributed by atoms with Crippen molar-refractivity contribution in [1.29, 1.82) is 0 Å². The predicted octanol–water partition coefficient (Wildman–Crippen LogP) is 7.77. The third kappa shape index (κ3) is 6.02. The van der Waals surface area contributed by atoms with E-state index in [0.29, 0.717) is 0 Å². The van der Waals surface area contributed by atoms with Gasteiger partial charge in [-0.15, -0.1) is 0 Å². The standard InChI is InChI=1S/C39H58Si4/c1-27-17-33(40(8,9)10)23-36(20-27)43(39(7)26-30(4)31(5)32(39)6,37-21-28(2)18-34(24-37)41(11,12)13)38-22-29(3)19-35(25-38)42(14,15)16/h17-26H,1-16H3. The smallest absolute Gasteiger partial charge is 0.0730 e. The Hall–Kier alpha value is -1.99. The van der Waals surface area contributed by atoms with E-state index in [4.69, 9.17) is 0 Å². The summed E-state index contributed by atoms with van der Waals surface area (Å²) in [7, 11) is -7.49. The molecule has 230 valence electrons. The van der Waals surface area contributed by atoms with Gasteiger partial charge in [0.25, 0.3) is 0 Å². The zero-order chi connectivity index (χ0) is 32.5. The number of allylic oxidation sites excluding steroid dienone is 4. The fourth-order valence-electron chi connectivity index (χ4n) is 7.42. The third-order valence-electron chi connectivity index (χ3n) is 10.3. The van der Waals surface area contributed by atoms with Crippen LogP contribution in [0.2, 0.25) is 64.0 Å². The third-order valence-corrected chi connectivity index (χ3v) is 21.9. The summed E-state index contributed by atoms with van der Waals surface area (Å²) >= 11 is 0. The zero-order valence-electron chi connectivity index (χ0n) is 30.3. The second kappa shape index (κ2) is 11.1. The fraction of sp³-hybridized carbons (Fsp3) is 0.436. The molecule has 0 saturated carbocycles. The van der Waals surface area contributed by atoms with Crippen LogP contribution < -0.4 is 31.1 Å². The molecule has 1 atom stereocenters. The number of hydrogen-bond donors (Lipinski definition) is 0. The van der Waals surface area contributed by atoms with E-state index in [1.807, 2.05) is 0 Å². The highest BCUT2D eigenvalue weighted by molar-refractivity contribution is 7.14. The summed E-state index contributed by atoms with van der Waals surface area (Å²) in [5, 5.41) is 9.41. The molecule has 4 rings (SSSR count). The molecule has 0 spiro atoms. The van der Waals surface area contributed by atoms with Gasteiger partial charge in [-0.3, -0.25) is 0 Å². The molecule has 1 unspecified atom stereocenters. The van der Waals surface area contributed by atoms with E-state index in [1.165, 1.54) is 27.8 Å². The molecule has 3 aromatic carbocycles. The van der Waals surface area contributed by atoms with Gasteiger partial charge in [0.2, 0.25) is 0 Å². The maximum absolute atomic E-state index is 2.75. The maximum Gasteiger partial charge on any atom is 0.161 e. The molecular formula is C39H58Si4. The zero-order valence-corrected chi connectivity index (χ0v) is 34.3. The molecule has 0 nitrogen and oxygen atoms in total. The highest BCUT2D eigenvalue weighted by Gasteiger charge is 2.56. The van der Waals surface area contributed by atoms with Crippen molar-refractivity contribution < 1.29 is 0 Å². The average Bonchev–Trinajstić information content (AvgIpc) is 3.05. The van der Waals surface area contributed by atoms with Crippen LogP contribution in [0.25, 0.3) is 0 Å². The summed E-state index contributed by atoms with van der Waals surface area (Å²) in [6.07, 6.45) is 2.69. The monoisotopic (exact) mass is 638 g/mol. The molecule has 0 bridgehead atoms. The first-order chi connectivity index (χ1) is 19.5. The maximum atomic E-state index is 2.69. The molecule has 0 heterocycles. The lowest BCUT2D eigenvalue weighted by Crippen LogP contribution is -2.74. The molecule has 0 N–H and O–H groups in total. The van der Waals surface area contributed by atoms with E-state index >= 15 is 0 Å². The van der Waals surface area contributed by atoms with Crippen LogP contribution in [-0.2, 0) is 0 Å². The van der Waals surface area contributed by atoms with Gasteiger partial charge in [0.05, 0.1) is 24.2 Å². The van der Waals surface area contributed by atoms with Gasteiger partial charge in [-0.1, -0.05) is 170 Å². The molecule has 0 radical (unpaired) electrons. The van der Waals surface area contributed by atoms with Crippen molar-refractivity contribution in [1.82, 2.24) is 0 Å². The van der Waals surface area contributed by atoms with Crippen molar-refractivity contribution in [3.05, 3.63) is 94.1 Å². The Balaban J connectivity index is 2.38. The lowest BCUT2D eigenvalue weighted by atomic mass is 10.0. The van der Waals surface area contributed by atoms with Crippen LogP contribution in [-0.4, -0.2) is 32.3 Å². The molecular weight excluding hydrogens is 581 g/mol. The molecule has 3 aromatic rings. The summed E-state index contributed by atoms with van der Waals surface area (Å²) in [5.41, 5.74) is 8.70. The quantitative estimate of drug-likeness (QED) is 0.183. The summed E-state index contributed by atoms with van der Waals surface area (Å²) in [6.45, 7) is 39.4. The normalized spacial score (nSPS) is 18.4. The average molecular weight is 639 g/mol. The molecule has 1 aliphatic rings. The lowest BCUT2D eigenvalue weighted by molar-refractivity contribution is 0.870. The molecule has 43 heavy (non-hydrogen) atoms. The van der Waals surface area contributed by atoms with Gasteiger partial charge in [-0.25, -0.2) is 0 Å². The highest BCUT2D eigenvalue weighted by Crippen LogP contribution is 2.52. The van der Waals surface area contributed by atoms with Crippen LogP contribution in [0.15, 0.2) is 77.4 Å². The summed E-state index contributed by atoms with van der Waals surface area (Å²) in [6, 6.07) is 23.3. The Morgan fingerprint density at radius 2 is 0.698 bits per heavy atom. The summed E-state index contributed by atoms with van der Waals surface area (Å²) in [5.74, 6) is 0. The number of hydrogen-bond acceptors (Lipinski definition) is 0. The Bertz CT molecular complexity index is 1480. The fourth-order valence-corrected chi connectivity index (χ4v) is 18.0. The van der Waals surface area contributed by atoms with Crippen molar-refractivity contribution in [3.63, 3.8) is 0 Å². The van der Waals surface area contributed by atoms with Gasteiger partial charge < -0.3 is 0 Å². The van der Waals surface area contributed by atoms with Gasteiger partial charge in [0.15, 0.2) is 8.07 Å².